The van der Waals surface area contributed by atoms with E-state index in [-0.39, 0.29) is 12.6 Å². The van der Waals surface area contributed by atoms with Gasteiger partial charge in [-0.25, -0.2) is 0 Å². The van der Waals surface area contributed by atoms with Crippen molar-refractivity contribution >= 4 is 10.2 Å². The Kier molecular flexibility index (Phi) is 4.59. The highest BCUT2D eigenvalue weighted by molar-refractivity contribution is 7.87. The fourth-order valence-corrected chi connectivity index (χ4v) is 3.64. The van der Waals surface area contributed by atoms with Gasteiger partial charge in [-0.1, -0.05) is 19.3 Å². The molecule has 0 saturated heterocycles. The summed E-state index contributed by atoms with van der Waals surface area (Å²) in [5.41, 5.74) is 0.864. The molecule has 0 unspecified atom stereocenters. The van der Waals surface area contributed by atoms with E-state index < -0.39 is 10.2 Å². The zero-order chi connectivity index (χ0) is 13.9. The van der Waals surface area contributed by atoms with Crippen LogP contribution in [-0.4, -0.2) is 35.6 Å². The molecule has 1 saturated carbocycles. The first kappa shape index (κ1) is 14.5. The number of aromatic nitrogens is 2. The summed E-state index contributed by atoms with van der Waals surface area (Å²) >= 11 is 0. The SMILES string of the molecule is CN(C1CCCCC1)S(=O)(=O)NCc1cnn(C)c1. The van der Waals surface area contributed by atoms with Crippen LogP contribution in [0.15, 0.2) is 12.4 Å². The molecule has 108 valence electrons. The maximum absolute atomic E-state index is 12.2. The molecular weight excluding hydrogens is 264 g/mol. The Bertz CT molecular complexity index is 506. The Morgan fingerprint density at radius 3 is 2.68 bits per heavy atom. The average molecular weight is 286 g/mol. The minimum absolute atomic E-state index is 0.139. The van der Waals surface area contributed by atoms with Crippen LogP contribution in [0.1, 0.15) is 37.7 Å². The molecule has 0 amide bonds. The molecule has 2 rings (SSSR count). The highest BCUT2D eigenvalue weighted by Gasteiger charge is 2.27. The molecule has 19 heavy (non-hydrogen) atoms. The smallest absolute Gasteiger partial charge is 0.275 e. The van der Waals surface area contributed by atoms with Crippen LogP contribution >= 0.6 is 0 Å². The quantitative estimate of drug-likeness (QED) is 0.878. The van der Waals surface area contributed by atoms with E-state index in [4.69, 9.17) is 0 Å². The lowest BCUT2D eigenvalue weighted by atomic mass is 9.96. The van der Waals surface area contributed by atoms with Gasteiger partial charge in [0.1, 0.15) is 0 Å². The summed E-state index contributed by atoms with van der Waals surface area (Å²) in [5.74, 6) is 0. The Hall–Kier alpha value is -0.920. The number of rotatable bonds is 5. The van der Waals surface area contributed by atoms with Gasteiger partial charge in [0.15, 0.2) is 0 Å². The van der Waals surface area contributed by atoms with Crippen molar-refractivity contribution in [1.29, 1.82) is 0 Å². The minimum atomic E-state index is -3.40. The van der Waals surface area contributed by atoms with Gasteiger partial charge in [-0.3, -0.25) is 4.68 Å². The zero-order valence-corrected chi connectivity index (χ0v) is 12.4. The van der Waals surface area contributed by atoms with Gasteiger partial charge >= 0.3 is 0 Å². The number of hydrogen-bond acceptors (Lipinski definition) is 3. The predicted octanol–water partition coefficient (Wildman–Crippen LogP) is 1.02. The van der Waals surface area contributed by atoms with Gasteiger partial charge in [0, 0.05) is 38.4 Å². The molecule has 0 spiro atoms. The molecule has 1 N–H and O–H groups in total. The van der Waals surface area contributed by atoms with Crippen LogP contribution in [0.4, 0.5) is 0 Å². The van der Waals surface area contributed by atoms with Crippen LogP contribution in [0.5, 0.6) is 0 Å². The lowest BCUT2D eigenvalue weighted by Gasteiger charge is -2.30. The predicted molar refractivity (Wildman–Crippen MR) is 73.6 cm³/mol. The fourth-order valence-electron chi connectivity index (χ4n) is 2.48. The molecule has 0 bridgehead atoms. The minimum Gasteiger partial charge on any atom is -0.275 e. The first-order chi connectivity index (χ1) is 8.99. The lowest BCUT2D eigenvalue weighted by Crippen LogP contribution is -2.44. The van der Waals surface area contributed by atoms with E-state index in [2.05, 4.69) is 9.82 Å². The highest BCUT2D eigenvalue weighted by atomic mass is 32.2. The normalized spacial score (nSPS) is 18.1. The standard InChI is InChI=1S/C12H22N4O2S/c1-15-10-11(8-13-15)9-14-19(17,18)16(2)12-6-4-3-5-7-12/h8,10,12,14H,3-7,9H2,1-2H3. The first-order valence-electron chi connectivity index (χ1n) is 6.69. The number of aryl methyl sites for hydroxylation is 1. The Morgan fingerprint density at radius 2 is 2.11 bits per heavy atom. The molecule has 1 aliphatic carbocycles. The van der Waals surface area contributed by atoms with Gasteiger partial charge < -0.3 is 0 Å². The van der Waals surface area contributed by atoms with Crippen LogP contribution in [0.25, 0.3) is 0 Å². The first-order valence-corrected chi connectivity index (χ1v) is 8.13. The van der Waals surface area contributed by atoms with Gasteiger partial charge in [0.2, 0.25) is 0 Å². The largest absolute Gasteiger partial charge is 0.279 e. The van der Waals surface area contributed by atoms with Crippen LogP contribution in [0.3, 0.4) is 0 Å². The molecular formula is C12H22N4O2S. The van der Waals surface area contributed by atoms with Crippen molar-refractivity contribution < 1.29 is 8.42 Å². The van der Waals surface area contributed by atoms with Gasteiger partial charge in [-0.05, 0) is 12.8 Å². The molecule has 1 aromatic rings. The topological polar surface area (TPSA) is 67.2 Å². The van der Waals surface area contributed by atoms with E-state index >= 15 is 0 Å². The molecule has 0 radical (unpaired) electrons. The summed E-state index contributed by atoms with van der Waals surface area (Å²) in [7, 11) is 0.0773. The second-order valence-corrected chi connectivity index (χ2v) is 6.97. The summed E-state index contributed by atoms with van der Waals surface area (Å²) in [6.07, 6.45) is 8.86. The third-order valence-corrected chi connectivity index (χ3v) is 5.25. The van der Waals surface area contributed by atoms with Gasteiger partial charge in [-0.2, -0.15) is 22.5 Å². The summed E-state index contributed by atoms with van der Waals surface area (Å²) in [5, 5.41) is 4.02. The maximum atomic E-state index is 12.2. The van der Waals surface area contributed by atoms with E-state index in [0.29, 0.717) is 0 Å². The van der Waals surface area contributed by atoms with Crippen molar-refractivity contribution in [3.8, 4) is 0 Å². The zero-order valence-electron chi connectivity index (χ0n) is 11.5. The van der Waals surface area contributed by atoms with Crippen molar-refractivity contribution in [3.63, 3.8) is 0 Å². The second-order valence-electron chi connectivity index (χ2n) is 5.16. The summed E-state index contributed by atoms with van der Waals surface area (Å²) in [4.78, 5) is 0. The second kappa shape index (κ2) is 6.02. The molecule has 0 aliphatic heterocycles. The molecule has 1 fully saturated rings. The van der Waals surface area contributed by atoms with Crippen molar-refractivity contribution in [1.82, 2.24) is 18.8 Å². The summed E-state index contributed by atoms with van der Waals surface area (Å²) in [6, 6.07) is 0.139. The van der Waals surface area contributed by atoms with E-state index in [1.165, 1.54) is 10.7 Å². The monoisotopic (exact) mass is 286 g/mol. The van der Waals surface area contributed by atoms with Crippen molar-refractivity contribution in [2.24, 2.45) is 7.05 Å². The summed E-state index contributed by atoms with van der Waals surface area (Å²) in [6.45, 7) is 0.285. The van der Waals surface area contributed by atoms with Gasteiger partial charge in [0.25, 0.3) is 10.2 Å². The molecule has 1 aliphatic rings. The number of nitrogens with one attached hydrogen (secondary N) is 1. The maximum Gasteiger partial charge on any atom is 0.279 e. The fraction of sp³-hybridized carbons (Fsp3) is 0.750. The van der Waals surface area contributed by atoms with E-state index in [9.17, 15) is 8.42 Å². The Labute approximate surface area is 115 Å². The van der Waals surface area contributed by atoms with Crippen molar-refractivity contribution in [2.75, 3.05) is 7.05 Å². The molecule has 0 atom stereocenters. The van der Waals surface area contributed by atoms with Crippen LogP contribution in [-0.2, 0) is 23.8 Å². The van der Waals surface area contributed by atoms with Gasteiger partial charge in [-0.15, -0.1) is 0 Å². The van der Waals surface area contributed by atoms with Crippen molar-refractivity contribution in [3.05, 3.63) is 18.0 Å². The van der Waals surface area contributed by atoms with E-state index in [1.807, 2.05) is 13.2 Å². The van der Waals surface area contributed by atoms with Crippen molar-refractivity contribution in [2.45, 2.75) is 44.7 Å². The van der Waals surface area contributed by atoms with Crippen LogP contribution in [0, 0.1) is 0 Å². The van der Waals surface area contributed by atoms with E-state index in [0.717, 1.165) is 31.2 Å². The van der Waals surface area contributed by atoms with Crippen LogP contribution in [0.2, 0.25) is 0 Å². The highest BCUT2D eigenvalue weighted by Crippen LogP contribution is 2.23. The molecule has 7 heteroatoms. The van der Waals surface area contributed by atoms with Crippen LogP contribution < -0.4 is 4.72 Å². The Balaban J connectivity index is 1.93. The number of hydrogen-bond donors (Lipinski definition) is 1. The third kappa shape index (κ3) is 3.77. The average Bonchev–Trinajstić information content (AvgIpc) is 2.82. The molecule has 1 aromatic heterocycles. The molecule has 0 aromatic carbocycles. The van der Waals surface area contributed by atoms with Gasteiger partial charge in [0.05, 0.1) is 6.20 Å². The molecule has 1 heterocycles. The Morgan fingerprint density at radius 1 is 1.42 bits per heavy atom. The number of nitrogens with zero attached hydrogens (tertiary/aromatic N) is 3. The third-order valence-electron chi connectivity index (χ3n) is 3.69. The summed E-state index contributed by atoms with van der Waals surface area (Å²) < 4.78 is 30.2. The lowest BCUT2D eigenvalue weighted by molar-refractivity contribution is 0.283. The molecule has 6 nitrogen and oxygen atoms in total. The van der Waals surface area contributed by atoms with E-state index in [1.54, 1.807) is 17.9 Å².